The first-order valence-corrected chi connectivity index (χ1v) is 10.4. The molecule has 1 N–H and O–H groups in total. The van der Waals surface area contributed by atoms with E-state index in [2.05, 4.69) is 28.5 Å². The van der Waals surface area contributed by atoms with Crippen LogP contribution in [0, 0.1) is 0 Å². The molecule has 1 amide bonds. The van der Waals surface area contributed by atoms with E-state index in [1.54, 1.807) is 17.5 Å². The molecule has 1 aromatic carbocycles. The lowest BCUT2D eigenvalue weighted by Gasteiger charge is -2.25. The molecule has 3 aromatic heterocycles. The van der Waals surface area contributed by atoms with Gasteiger partial charge in [-0.3, -0.25) is 4.79 Å². The molecular formula is C22H20N4OS. The summed E-state index contributed by atoms with van der Waals surface area (Å²) in [5.41, 5.74) is 3.35. The zero-order valence-electron chi connectivity index (χ0n) is 15.3. The van der Waals surface area contributed by atoms with Crippen molar-refractivity contribution in [1.82, 2.24) is 20.1 Å². The van der Waals surface area contributed by atoms with Crippen molar-refractivity contribution < 1.29 is 4.79 Å². The van der Waals surface area contributed by atoms with E-state index in [1.165, 1.54) is 6.42 Å². The van der Waals surface area contributed by atoms with E-state index in [0.29, 0.717) is 12.2 Å². The summed E-state index contributed by atoms with van der Waals surface area (Å²) in [7, 11) is 0. The van der Waals surface area contributed by atoms with Gasteiger partial charge in [0.15, 0.2) is 11.3 Å². The summed E-state index contributed by atoms with van der Waals surface area (Å²) in [5.74, 6) is -0.104. The van der Waals surface area contributed by atoms with Crippen molar-refractivity contribution in [1.29, 1.82) is 0 Å². The van der Waals surface area contributed by atoms with Crippen LogP contribution in [0.1, 0.15) is 35.3 Å². The first kappa shape index (κ1) is 17.1. The minimum atomic E-state index is -0.104. The Morgan fingerprint density at radius 1 is 1.14 bits per heavy atom. The molecule has 0 saturated heterocycles. The number of carbonyl (C=O) groups excluding carboxylic acids is 1. The van der Waals surface area contributed by atoms with Crippen LogP contribution in [0.15, 0.2) is 60.1 Å². The van der Waals surface area contributed by atoms with Crippen molar-refractivity contribution in [2.75, 3.05) is 0 Å². The fraction of sp³-hybridized carbons (Fsp3) is 0.227. The van der Waals surface area contributed by atoms with Crippen LogP contribution in [0.5, 0.6) is 0 Å². The summed E-state index contributed by atoms with van der Waals surface area (Å²) >= 11 is 1.66. The van der Waals surface area contributed by atoms with E-state index in [9.17, 15) is 4.79 Å². The maximum Gasteiger partial charge on any atom is 0.272 e. The predicted octanol–water partition coefficient (Wildman–Crippen LogP) is 4.49. The van der Waals surface area contributed by atoms with Crippen LogP contribution in [0.2, 0.25) is 0 Å². The summed E-state index contributed by atoms with van der Waals surface area (Å²) in [4.78, 5) is 18.7. The Morgan fingerprint density at radius 3 is 2.71 bits per heavy atom. The number of thiophene rings is 1. The summed E-state index contributed by atoms with van der Waals surface area (Å²) < 4.78 is 1.84. The van der Waals surface area contributed by atoms with Gasteiger partial charge in [-0.1, -0.05) is 36.4 Å². The molecule has 0 aliphatic heterocycles. The first-order chi connectivity index (χ1) is 13.8. The van der Waals surface area contributed by atoms with Gasteiger partial charge >= 0.3 is 0 Å². The van der Waals surface area contributed by atoms with Gasteiger partial charge in [0.05, 0.1) is 11.9 Å². The molecule has 0 unspecified atom stereocenters. The molecule has 28 heavy (non-hydrogen) atoms. The van der Waals surface area contributed by atoms with Crippen molar-refractivity contribution in [3.63, 3.8) is 0 Å². The number of hydrogen-bond donors (Lipinski definition) is 1. The minimum absolute atomic E-state index is 0.104. The lowest BCUT2D eigenvalue weighted by atomic mass is 9.93. The largest absolute Gasteiger partial charge is 0.348 e. The van der Waals surface area contributed by atoms with Crippen molar-refractivity contribution >= 4 is 28.3 Å². The summed E-state index contributed by atoms with van der Waals surface area (Å²) in [6.07, 6.45) is 5.07. The first-order valence-electron chi connectivity index (χ1n) is 9.54. The molecule has 5 nitrogen and oxygen atoms in total. The average Bonchev–Trinajstić information content (AvgIpc) is 3.34. The molecule has 0 radical (unpaired) electrons. The Hall–Kier alpha value is -2.99. The fourth-order valence-electron chi connectivity index (χ4n) is 3.57. The normalized spacial score (nSPS) is 14.1. The lowest BCUT2D eigenvalue weighted by Crippen LogP contribution is -2.39. The maximum absolute atomic E-state index is 13.0. The number of benzene rings is 1. The van der Waals surface area contributed by atoms with E-state index in [0.717, 1.165) is 39.9 Å². The van der Waals surface area contributed by atoms with E-state index >= 15 is 0 Å². The van der Waals surface area contributed by atoms with E-state index in [-0.39, 0.29) is 11.9 Å². The zero-order valence-corrected chi connectivity index (χ0v) is 16.2. The van der Waals surface area contributed by atoms with Gasteiger partial charge in [-0.15, -0.1) is 11.3 Å². The molecule has 5 rings (SSSR count). The van der Waals surface area contributed by atoms with Crippen molar-refractivity contribution in [2.24, 2.45) is 0 Å². The second-order valence-electron chi connectivity index (χ2n) is 7.13. The molecule has 1 aliphatic rings. The highest BCUT2D eigenvalue weighted by Gasteiger charge is 2.26. The van der Waals surface area contributed by atoms with Crippen LogP contribution in [-0.2, 0) is 6.54 Å². The molecule has 140 valence electrons. The molecule has 4 aromatic rings. The third kappa shape index (κ3) is 3.10. The smallest absolute Gasteiger partial charge is 0.272 e. The summed E-state index contributed by atoms with van der Waals surface area (Å²) in [6.45, 7) is 0.578. The van der Waals surface area contributed by atoms with E-state index in [4.69, 9.17) is 5.10 Å². The Labute approximate surface area is 167 Å². The summed E-state index contributed by atoms with van der Waals surface area (Å²) in [5, 5.41) is 10.7. The monoisotopic (exact) mass is 388 g/mol. The van der Waals surface area contributed by atoms with Gasteiger partial charge in [-0.2, -0.15) is 5.10 Å². The number of aromatic nitrogens is 3. The zero-order chi connectivity index (χ0) is 18.9. The topological polar surface area (TPSA) is 59.8 Å². The molecule has 1 aliphatic carbocycles. The van der Waals surface area contributed by atoms with Gasteiger partial charge < -0.3 is 5.32 Å². The molecule has 3 heterocycles. The standard InChI is InChI=1S/C22H20N4OS/c27-22(24-16-8-4-9-16)20-19-17(18-10-5-13-28-18)11-12-23-21(19)26(25-20)14-15-6-2-1-3-7-15/h1-3,5-7,10-13,16H,4,8-9,14H2,(H,24,27). The number of carbonyl (C=O) groups is 1. The Balaban J connectivity index is 1.64. The SMILES string of the molecule is O=C(NC1CCC1)c1nn(Cc2ccccc2)c2nccc(-c3cccs3)c12. The van der Waals surface area contributed by atoms with Crippen LogP contribution in [-0.4, -0.2) is 26.7 Å². The van der Waals surface area contributed by atoms with Gasteiger partial charge in [0, 0.05) is 22.7 Å². The second-order valence-corrected chi connectivity index (χ2v) is 8.08. The molecule has 0 bridgehead atoms. The maximum atomic E-state index is 13.0. The number of hydrogen-bond acceptors (Lipinski definition) is 4. The number of nitrogens with zero attached hydrogens (tertiary/aromatic N) is 3. The number of fused-ring (bicyclic) bond motifs is 1. The molecule has 6 heteroatoms. The number of pyridine rings is 1. The summed E-state index contributed by atoms with van der Waals surface area (Å²) in [6, 6.07) is 16.5. The van der Waals surface area contributed by atoms with E-state index < -0.39 is 0 Å². The highest BCUT2D eigenvalue weighted by molar-refractivity contribution is 7.13. The van der Waals surface area contributed by atoms with Gasteiger partial charge in [0.25, 0.3) is 5.91 Å². The van der Waals surface area contributed by atoms with Crippen LogP contribution >= 0.6 is 11.3 Å². The fourth-order valence-corrected chi connectivity index (χ4v) is 4.32. The lowest BCUT2D eigenvalue weighted by molar-refractivity contribution is 0.0912. The van der Waals surface area contributed by atoms with Crippen LogP contribution in [0.4, 0.5) is 0 Å². The van der Waals surface area contributed by atoms with Crippen molar-refractivity contribution in [3.05, 3.63) is 71.4 Å². The van der Waals surface area contributed by atoms with Crippen LogP contribution in [0.3, 0.4) is 0 Å². The number of amides is 1. The highest BCUT2D eigenvalue weighted by Crippen LogP contribution is 2.33. The van der Waals surface area contributed by atoms with Crippen LogP contribution < -0.4 is 5.32 Å². The molecule has 1 fully saturated rings. The van der Waals surface area contributed by atoms with Crippen LogP contribution in [0.25, 0.3) is 21.5 Å². The quantitative estimate of drug-likeness (QED) is 0.548. The molecular weight excluding hydrogens is 368 g/mol. The van der Waals surface area contributed by atoms with Gasteiger partial charge in [0.2, 0.25) is 0 Å². The predicted molar refractivity (Wildman–Crippen MR) is 111 cm³/mol. The Morgan fingerprint density at radius 2 is 2.00 bits per heavy atom. The van der Waals surface area contributed by atoms with Gasteiger partial charge in [-0.05, 0) is 42.3 Å². The second kappa shape index (κ2) is 7.20. The molecule has 0 atom stereocenters. The number of nitrogens with one attached hydrogen (secondary N) is 1. The Kier molecular flexibility index (Phi) is 4.41. The third-order valence-corrected chi connectivity index (χ3v) is 6.15. The minimum Gasteiger partial charge on any atom is -0.348 e. The average molecular weight is 388 g/mol. The highest BCUT2D eigenvalue weighted by atomic mass is 32.1. The van der Waals surface area contributed by atoms with Gasteiger partial charge in [0.1, 0.15) is 0 Å². The molecule has 0 spiro atoms. The van der Waals surface area contributed by atoms with Gasteiger partial charge in [-0.25, -0.2) is 9.67 Å². The third-order valence-electron chi connectivity index (χ3n) is 5.25. The molecule has 1 saturated carbocycles. The van der Waals surface area contributed by atoms with Crippen molar-refractivity contribution in [3.8, 4) is 10.4 Å². The van der Waals surface area contributed by atoms with Crippen molar-refractivity contribution in [2.45, 2.75) is 31.8 Å². The Bertz CT molecular complexity index is 1110. The number of rotatable bonds is 5. The van der Waals surface area contributed by atoms with E-state index in [1.807, 2.05) is 40.4 Å².